The maximum Gasteiger partial charge on any atom is 0.201 e. The lowest BCUT2D eigenvalue weighted by Gasteiger charge is -2.07. The van der Waals surface area contributed by atoms with Crippen LogP contribution in [0.1, 0.15) is 22.8 Å². The molecule has 2 aromatic carbocycles. The first-order chi connectivity index (χ1) is 9.20. The van der Waals surface area contributed by atoms with Gasteiger partial charge in [-0.05, 0) is 36.2 Å². The van der Waals surface area contributed by atoms with Crippen LogP contribution in [0.25, 0.3) is 0 Å². The molecule has 2 rings (SSSR count). The van der Waals surface area contributed by atoms with Crippen molar-refractivity contribution < 1.29 is 9.53 Å². The lowest BCUT2D eigenvalue weighted by atomic mass is 10.1. The molecule has 0 atom stereocenters. The SMILES string of the molecule is CCc1ccc(C(=O)COc2ccccc2)c(Br)c1. The number of aryl methyl sites for hydroxylation is 1. The zero-order valence-electron chi connectivity index (χ0n) is 10.7. The predicted molar refractivity (Wildman–Crippen MR) is 79.8 cm³/mol. The first-order valence-corrected chi connectivity index (χ1v) is 6.99. The fraction of sp³-hybridized carbons (Fsp3) is 0.188. The molecule has 0 spiro atoms. The van der Waals surface area contributed by atoms with Crippen LogP contribution in [0.4, 0.5) is 0 Å². The van der Waals surface area contributed by atoms with Crippen molar-refractivity contribution in [2.24, 2.45) is 0 Å². The van der Waals surface area contributed by atoms with Crippen molar-refractivity contribution in [1.29, 1.82) is 0 Å². The van der Waals surface area contributed by atoms with Gasteiger partial charge in [0, 0.05) is 10.0 Å². The Morgan fingerprint density at radius 1 is 1.16 bits per heavy atom. The van der Waals surface area contributed by atoms with Crippen molar-refractivity contribution >= 4 is 21.7 Å². The van der Waals surface area contributed by atoms with E-state index in [2.05, 4.69) is 22.9 Å². The van der Waals surface area contributed by atoms with E-state index in [1.807, 2.05) is 48.5 Å². The third-order valence-corrected chi connectivity index (χ3v) is 3.51. The van der Waals surface area contributed by atoms with Crippen LogP contribution in [0.5, 0.6) is 5.75 Å². The van der Waals surface area contributed by atoms with Gasteiger partial charge in [-0.3, -0.25) is 4.79 Å². The summed E-state index contributed by atoms with van der Waals surface area (Å²) in [5.41, 5.74) is 1.86. The van der Waals surface area contributed by atoms with Gasteiger partial charge in [-0.15, -0.1) is 0 Å². The number of hydrogen-bond donors (Lipinski definition) is 0. The minimum absolute atomic E-state index is 0.0293. The Kier molecular flexibility index (Phi) is 4.74. The number of hydrogen-bond acceptors (Lipinski definition) is 2. The summed E-state index contributed by atoms with van der Waals surface area (Å²) in [4.78, 5) is 12.1. The number of halogens is 1. The van der Waals surface area contributed by atoms with Crippen molar-refractivity contribution in [3.05, 3.63) is 64.1 Å². The first-order valence-electron chi connectivity index (χ1n) is 6.20. The van der Waals surface area contributed by atoms with E-state index in [9.17, 15) is 4.79 Å². The molecule has 0 saturated heterocycles. The Labute approximate surface area is 121 Å². The third-order valence-electron chi connectivity index (χ3n) is 2.86. The summed E-state index contributed by atoms with van der Waals surface area (Å²) >= 11 is 3.44. The van der Waals surface area contributed by atoms with E-state index in [0.717, 1.165) is 10.9 Å². The molecule has 0 amide bonds. The second-order valence-electron chi connectivity index (χ2n) is 4.19. The Hall–Kier alpha value is -1.61. The van der Waals surface area contributed by atoms with Gasteiger partial charge in [-0.1, -0.05) is 47.1 Å². The number of carbonyl (C=O) groups is 1. The van der Waals surface area contributed by atoms with Gasteiger partial charge in [0.15, 0.2) is 6.61 Å². The zero-order chi connectivity index (χ0) is 13.7. The van der Waals surface area contributed by atoms with Crippen LogP contribution < -0.4 is 4.74 Å². The molecule has 0 N–H and O–H groups in total. The topological polar surface area (TPSA) is 26.3 Å². The Bertz CT molecular complexity index is 564. The maximum absolute atomic E-state index is 12.1. The summed E-state index contributed by atoms with van der Waals surface area (Å²) in [6.07, 6.45) is 0.952. The van der Waals surface area contributed by atoms with E-state index in [-0.39, 0.29) is 12.4 Å². The van der Waals surface area contributed by atoms with Crippen LogP contribution in [0.15, 0.2) is 53.0 Å². The highest BCUT2D eigenvalue weighted by atomic mass is 79.9. The molecule has 0 saturated carbocycles. The zero-order valence-corrected chi connectivity index (χ0v) is 12.3. The summed E-state index contributed by atoms with van der Waals surface area (Å²) in [6, 6.07) is 15.1. The number of rotatable bonds is 5. The lowest BCUT2D eigenvalue weighted by Crippen LogP contribution is -2.12. The molecule has 0 aliphatic heterocycles. The highest BCUT2D eigenvalue weighted by Gasteiger charge is 2.11. The summed E-state index contributed by atoms with van der Waals surface area (Å²) in [5, 5.41) is 0. The van der Waals surface area contributed by atoms with E-state index in [4.69, 9.17) is 4.74 Å². The van der Waals surface area contributed by atoms with Gasteiger partial charge in [0.25, 0.3) is 0 Å². The number of carbonyl (C=O) groups excluding carboxylic acids is 1. The number of ketones is 1. The molecular formula is C16H15BrO2. The molecule has 98 valence electrons. The van der Waals surface area contributed by atoms with Gasteiger partial charge in [-0.25, -0.2) is 0 Å². The van der Waals surface area contributed by atoms with Crippen molar-refractivity contribution in [1.82, 2.24) is 0 Å². The number of benzene rings is 2. The van der Waals surface area contributed by atoms with E-state index in [1.165, 1.54) is 5.56 Å². The van der Waals surface area contributed by atoms with Crippen LogP contribution in [-0.4, -0.2) is 12.4 Å². The largest absolute Gasteiger partial charge is 0.485 e. The average molecular weight is 319 g/mol. The molecule has 0 fully saturated rings. The van der Waals surface area contributed by atoms with E-state index in [0.29, 0.717) is 11.3 Å². The first kappa shape index (κ1) is 13.8. The van der Waals surface area contributed by atoms with E-state index >= 15 is 0 Å². The molecule has 2 nitrogen and oxygen atoms in total. The van der Waals surface area contributed by atoms with Gasteiger partial charge in [-0.2, -0.15) is 0 Å². The molecule has 0 aliphatic rings. The molecule has 0 bridgehead atoms. The molecule has 0 heterocycles. The minimum Gasteiger partial charge on any atom is -0.485 e. The summed E-state index contributed by atoms with van der Waals surface area (Å²) in [6.45, 7) is 2.13. The molecule has 0 aliphatic carbocycles. The van der Waals surface area contributed by atoms with Crippen molar-refractivity contribution in [3.8, 4) is 5.75 Å². The second-order valence-corrected chi connectivity index (χ2v) is 5.05. The van der Waals surface area contributed by atoms with Crippen molar-refractivity contribution in [2.45, 2.75) is 13.3 Å². The number of ether oxygens (including phenoxy) is 1. The standard InChI is InChI=1S/C16H15BrO2/c1-2-12-8-9-14(15(17)10-12)16(18)11-19-13-6-4-3-5-7-13/h3-10H,2,11H2,1H3. The predicted octanol–water partition coefficient (Wildman–Crippen LogP) is 4.27. The van der Waals surface area contributed by atoms with Gasteiger partial charge in [0.05, 0.1) is 0 Å². The fourth-order valence-electron chi connectivity index (χ4n) is 1.75. The van der Waals surface area contributed by atoms with Crippen LogP contribution in [-0.2, 0) is 6.42 Å². The Morgan fingerprint density at radius 3 is 2.53 bits per heavy atom. The normalized spacial score (nSPS) is 10.2. The lowest BCUT2D eigenvalue weighted by molar-refractivity contribution is 0.0920. The molecule has 19 heavy (non-hydrogen) atoms. The van der Waals surface area contributed by atoms with Gasteiger partial charge >= 0.3 is 0 Å². The third kappa shape index (κ3) is 3.67. The smallest absolute Gasteiger partial charge is 0.201 e. The minimum atomic E-state index is -0.0293. The molecule has 0 unspecified atom stereocenters. The highest BCUT2D eigenvalue weighted by molar-refractivity contribution is 9.10. The van der Waals surface area contributed by atoms with Gasteiger partial charge in [0.2, 0.25) is 5.78 Å². The summed E-state index contributed by atoms with van der Waals surface area (Å²) < 4.78 is 6.29. The summed E-state index contributed by atoms with van der Waals surface area (Å²) in [5.74, 6) is 0.676. The Morgan fingerprint density at radius 2 is 1.89 bits per heavy atom. The van der Waals surface area contributed by atoms with Gasteiger partial charge in [0.1, 0.15) is 5.75 Å². The van der Waals surface area contributed by atoms with Crippen LogP contribution in [0.3, 0.4) is 0 Å². The van der Waals surface area contributed by atoms with E-state index < -0.39 is 0 Å². The van der Waals surface area contributed by atoms with Gasteiger partial charge < -0.3 is 4.74 Å². The fourth-order valence-corrected chi connectivity index (χ4v) is 2.40. The highest BCUT2D eigenvalue weighted by Crippen LogP contribution is 2.20. The van der Waals surface area contributed by atoms with E-state index in [1.54, 1.807) is 0 Å². The molecule has 3 heteroatoms. The number of Topliss-reactive ketones (excluding diaryl/α,β-unsaturated/α-hetero) is 1. The Balaban J connectivity index is 2.04. The van der Waals surface area contributed by atoms with Crippen LogP contribution in [0, 0.1) is 0 Å². The average Bonchev–Trinajstić information content (AvgIpc) is 2.45. The van der Waals surface area contributed by atoms with Crippen molar-refractivity contribution in [2.75, 3.05) is 6.61 Å². The van der Waals surface area contributed by atoms with Crippen LogP contribution in [0.2, 0.25) is 0 Å². The molecule has 0 radical (unpaired) electrons. The second kappa shape index (κ2) is 6.53. The quantitative estimate of drug-likeness (QED) is 0.769. The summed E-state index contributed by atoms with van der Waals surface area (Å²) in [7, 11) is 0. The van der Waals surface area contributed by atoms with Crippen LogP contribution >= 0.6 is 15.9 Å². The molecule has 2 aromatic rings. The maximum atomic E-state index is 12.1. The molecule has 0 aromatic heterocycles. The molecular weight excluding hydrogens is 304 g/mol. The monoisotopic (exact) mass is 318 g/mol. The number of para-hydroxylation sites is 1. The van der Waals surface area contributed by atoms with Crippen molar-refractivity contribution in [3.63, 3.8) is 0 Å².